The van der Waals surface area contributed by atoms with Crippen LogP contribution in [0.3, 0.4) is 0 Å². The van der Waals surface area contributed by atoms with Crippen LogP contribution in [-0.4, -0.2) is 47.9 Å². The van der Waals surface area contributed by atoms with Gasteiger partial charge in [0.25, 0.3) is 0 Å². The highest BCUT2D eigenvalue weighted by atomic mass is 19.1. The summed E-state index contributed by atoms with van der Waals surface area (Å²) in [6.45, 7) is 2.39. The van der Waals surface area contributed by atoms with Gasteiger partial charge in [-0.25, -0.2) is 9.18 Å². The first-order valence-electron chi connectivity index (χ1n) is 11.2. The molecule has 0 radical (unpaired) electrons. The van der Waals surface area contributed by atoms with Crippen LogP contribution < -0.4 is 5.32 Å². The Morgan fingerprint density at radius 1 is 0.862 bits per heavy atom. The molecule has 158 valence electrons. The molecule has 0 aromatic heterocycles. The summed E-state index contributed by atoms with van der Waals surface area (Å²) in [5.74, 6) is 0.612. The molecule has 1 aliphatic heterocycles. The molecule has 4 rings (SSSR count). The number of hydrogen-bond donors (Lipinski definition) is 1. The van der Waals surface area contributed by atoms with Crippen LogP contribution in [0.25, 0.3) is 0 Å². The number of halogens is 1. The standard InChI is InChI=1S/C23H32FN3O2/c24-20-11-9-18(10-12-20)21(17-5-1-2-6-17)25-23(29)27-15-13-26(14-16-27)22(28)19-7-3-4-8-19/h9-12,17,19,21H,1-8,13-16H2,(H,25,29). The molecular weight excluding hydrogens is 369 g/mol. The van der Waals surface area contributed by atoms with E-state index in [4.69, 9.17) is 0 Å². The topological polar surface area (TPSA) is 52.7 Å². The maximum absolute atomic E-state index is 13.4. The molecule has 1 heterocycles. The summed E-state index contributed by atoms with van der Waals surface area (Å²) in [5.41, 5.74) is 0.974. The minimum absolute atomic E-state index is 0.0702. The lowest BCUT2D eigenvalue weighted by Crippen LogP contribution is -2.54. The van der Waals surface area contributed by atoms with Gasteiger partial charge in [-0.15, -0.1) is 0 Å². The number of nitrogens with zero attached hydrogens (tertiary/aromatic N) is 2. The van der Waals surface area contributed by atoms with Crippen molar-refractivity contribution in [2.75, 3.05) is 26.2 Å². The van der Waals surface area contributed by atoms with Gasteiger partial charge in [0, 0.05) is 32.1 Å². The van der Waals surface area contributed by atoms with E-state index >= 15 is 0 Å². The quantitative estimate of drug-likeness (QED) is 0.826. The summed E-state index contributed by atoms with van der Waals surface area (Å²) >= 11 is 0. The van der Waals surface area contributed by atoms with Gasteiger partial charge in [0.15, 0.2) is 0 Å². The van der Waals surface area contributed by atoms with E-state index in [9.17, 15) is 14.0 Å². The summed E-state index contributed by atoms with van der Waals surface area (Å²) in [5, 5.41) is 3.22. The highest BCUT2D eigenvalue weighted by Gasteiger charge is 2.33. The van der Waals surface area contributed by atoms with Gasteiger partial charge in [0.2, 0.25) is 5.91 Å². The summed E-state index contributed by atoms with van der Waals surface area (Å²) in [7, 11) is 0. The summed E-state index contributed by atoms with van der Waals surface area (Å²) < 4.78 is 13.4. The van der Waals surface area contributed by atoms with Crippen LogP contribution >= 0.6 is 0 Å². The Labute approximate surface area is 172 Å². The van der Waals surface area contributed by atoms with Crippen LogP contribution in [0, 0.1) is 17.7 Å². The first-order valence-corrected chi connectivity index (χ1v) is 11.2. The lowest BCUT2D eigenvalue weighted by molar-refractivity contribution is -0.136. The molecule has 3 amide bonds. The number of nitrogens with one attached hydrogen (secondary N) is 1. The van der Waals surface area contributed by atoms with Crippen molar-refractivity contribution in [3.63, 3.8) is 0 Å². The minimum Gasteiger partial charge on any atom is -0.339 e. The van der Waals surface area contributed by atoms with E-state index in [1.165, 1.54) is 25.0 Å². The van der Waals surface area contributed by atoms with Crippen molar-refractivity contribution in [1.82, 2.24) is 15.1 Å². The highest BCUT2D eigenvalue weighted by molar-refractivity contribution is 5.80. The predicted molar refractivity (Wildman–Crippen MR) is 110 cm³/mol. The van der Waals surface area contributed by atoms with Crippen molar-refractivity contribution in [2.24, 2.45) is 11.8 Å². The van der Waals surface area contributed by atoms with Crippen LogP contribution in [0.1, 0.15) is 63.0 Å². The number of carbonyl (C=O) groups excluding carboxylic acids is 2. The third-order valence-corrected chi connectivity index (χ3v) is 6.96. The average Bonchev–Trinajstić information content (AvgIpc) is 3.46. The molecule has 1 unspecified atom stereocenters. The normalized spacial score (nSPS) is 22.1. The molecule has 6 heteroatoms. The Morgan fingerprint density at radius 2 is 1.41 bits per heavy atom. The van der Waals surface area contributed by atoms with Crippen LogP contribution in [0.5, 0.6) is 0 Å². The van der Waals surface area contributed by atoms with Crippen molar-refractivity contribution >= 4 is 11.9 Å². The second-order valence-corrected chi connectivity index (χ2v) is 8.82. The molecule has 0 bridgehead atoms. The Balaban J connectivity index is 1.35. The first-order chi connectivity index (χ1) is 14.1. The highest BCUT2D eigenvalue weighted by Crippen LogP contribution is 2.36. The number of piperazine rings is 1. The number of benzene rings is 1. The molecule has 1 N–H and O–H groups in total. The molecule has 3 fully saturated rings. The molecule has 2 aliphatic carbocycles. The lowest BCUT2D eigenvalue weighted by Gasteiger charge is -2.37. The lowest BCUT2D eigenvalue weighted by atomic mass is 9.91. The van der Waals surface area contributed by atoms with E-state index in [2.05, 4.69) is 5.32 Å². The molecule has 0 spiro atoms. The molecule has 2 saturated carbocycles. The third kappa shape index (κ3) is 4.73. The van der Waals surface area contributed by atoms with Gasteiger partial charge < -0.3 is 15.1 Å². The van der Waals surface area contributed by atoms with Crippen LogP contribution in [0.2, 0.25) is 0 Å². The minimum atomic E-state index is -0.256. The van der Waals surface area contributed by atoms with Gasteiger partial charge in [0.05, 0.1) is 6.04 Å². The second-order valence-electron chi connectivity index (χ2n) is 8.82. The van der Waals surface area contributed by atoms with E-state index in [-0.39, 0.29) is 29.7 Å². The maximum atomic E-state index is 13.4. The molecule has 1 aromatic rings. The number of urea groups is 1. The summed E-state index contributed by atoms with van der Waals surface area (Å²) in [6.07, 6.45) is 8.88. The van der Waals surface area contributed by atoms with Gasteiger partial charge in [-0.05, 0) is 49.3 Å². The summed E-state index contributed by atoms with van der Waals surface area (Å²) in [4.78, 5) is 29.4. The fourth-order valence-corrected chi connectivity index (χ4v) is 5.22. The Morgan fingerprint density at radius 3 is 2.03 bits per heavy atom. The van der Waals surface area contributed by atoms with Crippen molar-refractivity contribution in [3.05, 3.63) is 35.6 Å². The largest absolute Gasteiger partial charge is 0.339 e. The predicted octanol–water partition coefficient (Wildman–Crippen LogP) is 4.10. The van der Waals surface area contributed by atoms with Gasteiger partial charge >= 0.3 is 6.03 Å². The monoisotopic (exact) mass is 401 g/mol. The molecule has 5 nitrogen and oxygen atoms in total. The fourth-order valence-electron chi connectivity index (χ4n) is 5.22. The van der Waals surface area contributed by atoms with Gasteiger partial charge in [-0.1, -0.05) is 37.8 Å². The summed E-state index contributed by atoms with van der Waals surface area (Å²) in [6, 6.07) is 6.37. The molecule has 1 saturated heterocycles. The third-order valence-electron chi connectivity index (χ3n) is 6.96. The molecular formula is C23H32FN3O2. The van der Waals surface area contributed by atoms with Crippen molar-refractivity contribution in [1.29, 1.82) is 0 Å². The number of amides is 3. The van der Waals surface area contributed by atoms with E-state index in [0.29, 0.717) is 32.1 Å². The zero-order chi connectivity index (χ0) is 20.2. The van der Waals surface area contributed by atoms with E-state index in [1.54, 1.807) is 12.1 Å². The Bertz CT molecular complexity index is 703. The zero-order valence-electron chi connectivity index (χ0n) is 17.1. The zero-order valence-corrected chi connectivity index (χ0v) is 17.1. The fraction of sp³-hybridized carbons (Fsp3) is 0.652. The molecule has 29 heavy (non-hydrogen) atoms. The van der Waals surface area contributed by atoms with E-state index < -0.39 is 0 Å². The average molecular weight is 402 g/mol. The SMILES string of the molecule is O=C(NC(c1ccc(F)cc1)C1CCCC1)N1CCN(C(=O)C2CCCC2)CC1. The van der Waals surface area contributed by atoms with Gasteiger partial charge in [0.1, 0.15) is 5.82 Å². The van der Waals surface area contributed by atoms with Crippen LogP contribution in [0.4, 0.5) is 9.18 Å². The van der Waals surface area contributed by atoms with Gasteiger partial charge in [-0.3, -0.25) is 4.79 Å². The maximum Gasteiger partial charge on any atom is 0.318 e. The van der Waals surface area contributed by atoms with E-state index in [1.807, 2.05) is 9.80 Å². The number of hydrogen-bond acceptors (Lipinski definition) is 2. The second kappa shape index (κ2) is 9.14. The van der Waals surface area contributed by atoms with Crippen molar-refractivity contribution in [2.45, 2.75) is 57.4 Å². The molecule has 1 aromatic carbocycles. The number of carbonyl (C=O) groups is 2. The van der Waals surface area contributed by atoms with Crippen molar-refractivity contribution in [3.8, 4) is 0 Å². The smallest absolute Gasteiger partial charge is 0.318 e. The molecule has 1 atom stereocenters. The van der Waals surface area contributed by atoms with E-state index in [0.717, 1.165) is 44.1 Å². The Kier molecular flexibility index (Phi) is 6.36. The van der Waals surface area contributed by atoms with Crippen LogP contribution in [0.15, 0.2) is 24.3 Å². The molecule has 3 aliphatic rings. The van der Waals surface area contributed by atoms with Crippen LogP contribution in [-0.2, 0) is 4.79 Å². The number of rotatable bonds is 4. The Hall–Kier alpha value is -2.11. The van der Waals surface area contributed by atoms with Crippen molar-refractivity contribution < 1.29 is 14.0 Å². The first kappa shape index (κ1) is 20.2. The van der Waals surface area contributed by atoms with Gasteiger partial charge in [-0.2, -0.15) is 0 Å².